The Kier molecular flexibility index (Phi) is 6.12. The van der Waals surface area contributed by atoms with Crippen LogP contribution < -0.4 is 5.14 Å². The number of rotatable bonds is 6. The van der Waals surface area contributed by atoms with Gasteiger partial charge in [-0.3, -0.25) is 4.79 Å². The van der Waals surface area contributed by atoms with Gasteiger partial charge in [0.25, 0.3) is 5.91 Å². The van der Waals surface area contributed by atoms with Crippen LogP contribution in [0.2, 0.25) is 0 Å². The van der Waals surface area contributed by atoms with Crippen LogP contribution >= 0.6 is 15.9 Å². The van der Waals surface area contributed by atoms with E-state index in [9.17, 15) is 13.2 Å². The maximum absolute atomic E-state index is 12.2. The molecule has 0 aliphatic rings. The second kappa shape index (κ2) is 7.16. The fourth-order valence-corrected chi connectivity index (χ4v) is 2.45. The zero-order valence-corrected chi connectivity index (χ0v) is 13.7. The minimum absolute atomic E-state index is 0.0951. The van der Waals surface area contributed by atoms with Crippen molar-refractivity contribution in [1.29, 1.82) is 0 Å². The maximum atomic E-state index is 12.2. The summed E-state index contributed by atoms with van der Waals surface area (Å²) in [4.78, 5) is 13.6. The van der Waals surface area contributed by atoms with Crippen molar-refractivity contribution in [3.05, 3.63) is 28.2 Å². The van der Waals surface area contributed by atoms with E-state index in [-0.39, 0.29) is 16.4 Å². The molecule has 8 heteroatoms. The lowest BCUT2D eigenvalue weighted by Crippen LogP contribution is -2.30. The first-order valence-corrected chi connectivity index (χ1v) is 8.27. The lowest BCUT2D eigenvalue weighted by Gasteiger charge is -2.18. The van der Waals surface area contributed by atoms with Crippen LogP contribution in [-0.2, 0) is 14.8 Å². The van der Waals surface area contributed by atoms with Crippen molar-refractivity contribution in [2.75, 3.05) is 26.8 Å². The van der Waals surface area contributed by atoms with Crippen molar-refractivity contribution >= 4 is 31.9 Å². The van der Waals surface area contributed by atoms with Gasteiger partial charge in [-0.1, -0.05) is 0 Å². The van der Waals surface area contributed by atoms with Gasteiger partial charge in [0.05, 0.1) is 17.1 Å². The van der Waals surface area contributed by atoms with Crippen molar-refractivity contribution in [3.63, 3.8) is 0 Å². The molecule has 6 nitrogen and oxygen atoms in total. The SMILES string of the molecule is CCOCCN(C)C(=O)c1cc(S(N)(=O)=O)ccc1Br. The number of sulfonamides is 1. The number of hydrogen-bond acceptors (Lipinski definition) is 4. The lowest BCUT2D eigenvalue weighted by atomic mass is 10.2. The standard InChI is InChI=1S/C12H17BrN2O4S/c1-3-19-7-6-15(2)12(16)10-8-9(20(14,17)18)4-5-11(10)13/h4-5,8H,3,6-7H2,1-2H3,(H2,14,17,18). The second-order valence-electron chi connectivity index (χ2n) is 4.11. The Labute approximate surface area is 127 Å². The highest BCUT2D eigenvalue weighted by Gasteiger charge is 2.18. The third-order valence-corrected chi connectivity index (χ3v) is 4.22. The van der Waals surface area contributed by atoms with Crippen LogP contribution in [0.4, 0.5) is 0 Å². The molecule has 0 fully saturated rings. The van der Waals surface area contributed by atoms with E-state index in [1.54, 1.807) is 7.05 Å². The second-order valence-corrected chi connectivity index (χ2v) is 6.53. The van der Waals surface area contributed by atoms with Crippen molar-refractivity contribution < 1.29 is 17.9 Å². The summed E-state index contributed by atoms with van der Waals surface area (Å²) in [5, 5.41) is 5.06. The number of nitrogens with zero attached hydrogens (tertiary/aromatic N) is 1. The largest absolute Gasteiger partial charge is 0.380 e. The normalized spacial score (nSPS) is 11.4. The summed E-state index contributed by atoms with van der Waals surface area (Å²) >= 11 is 3.23. The van der Waals surface area contributed by atoms with Gasteiger partial charge >= 0.3 is 0 Å². The number of likely N-dealkylation sites (N-methyl/N-ethyl adjacent to an activating group) is 1. The number of benzene rings is 1. The fourth-order valence-electron chi connectivity index (χ4n) is 1.50. The minimum atomic E-state index is -3.84. The van der Waals surface area contributed by atoms with Gasteiger partial charge < -0.3 is 9.64 Å². The summed E-state index contributed by atoms with van der Waals surface area (Å²) in [6.45, 7) is 3.28. The summed E-state index contributed by atoms with van der Waals surface area (Å²) in [7, 11) is -2.22. The molecule has 0 atom stereocenters. The fraction of sp³-hybridized carbons (Fsp3) is 0.417. The average Bonchev–Trinajstić information content (AvgIpc) is 2.37. The molecule has 2 N–H and O–H groups in total. The topological polar surface area (TPSA) is 89.7 Å². The summed E-state index contributed by atoms with van der Waals surface area (Å²) < 4.78 is 28.3. The van der Waals surface area contributed by atoms with Gasteiger partial charge in [0.1, 0.15) is 0 Å². The number of amides is 1. The highest BCUT2D eigenvalue weighted by atomic mass is 79.9. The predicted octanol–water partition coefficient (Wildman–Crippen LogP) is 1.21. The number of halogens is 1. The molecule has 0 aliphatic heterocycles. The highest BCUT2D eigenvalue weighted by Crippen LogP contribution is 2.21. The van der Waals surface area contributed by atoms with Crippen LogP contribution in [0.5, 0.6) is 0 Å². The van der Waals surface area contributed by atoms with E-state index in [1.165, 1.54) is 23.1 Å². The molecule has 0 unspecified atom stereocenters. The van der Waals surface area contributed by atoms with Crippen molar-refractivity contribution in [1.82, 2.24) is 4.90 Å². The Morgan fingerprint density at radius 2 is 2.10 bits per heavy atom. The summed E-state index contributed by atoms with van der Waals surface area (Å²) in [5.41, 5.74) is 0.246. The Morgan fingerprint density at radius 1 is 1.45 bits per heavy atom. The van der Waals surface area contributed by atoms with Crippen LogP contribution in [0.1, 0.15) is 17.3 Å². The zero-order valence-electron chi connectivity index (χ0n) is 11.3. The molecule has 112 valence electrons. The van der Waals surface area contributed by atoms with Gasteiger partial charge in [-0.25, -0.2) is 13.6 Å². The van der Waals surface area contributed by atoms with Crippen molar-refractivity contribution in [2.24, 2.45) is 5.14 Å². The summed E-state index contributed by atoms with van der Waals surface area (Å²) in [6.07, 6.45) is 0. The Morgan fingerprint density at radius 3 is 2.65 bits per heavy atom. The molecule has 1 rings (SSSR count). The van der Waals surface area contributed by atoms with Gasteiger partial charge in [-0.2, -0.15) is 0 Å². The smallest absolute Gasteiger partial charge is 0.254 e. The number of nitrogens with two attached hydrogens (primary N) is 1. The molecule has 0 spiro atoms. The van der Waals surface area contributed by atoms with E-state index in [2.05, 4.69) is 15.9 Å². The van der Waals surface area contributed by atoms with E-state index in [0.29, 0.717) is 24.2 Å². The zero-order chi connectivity index (χ0) is 15.3. The summed E-state index contributed by atoms with van der Waals surface area (Å²) in [5.74, 6) is -0.304. The molecular formula is C12H17BrN2O4S. The number of ether oxygens (including phenoxy) is 1. The van der Waals surface area contributed by atoms with Gasteiger partial charge in [0.15, 0.2) is 0 Å². The van der Waals surface area contributed by atoms with Crippen LogP contribution in [0.25, 0.3) is 0 Å². The van der Waals surface area contributed by atoms with Crippen LogP contribution in [0.15, 0.2) is 27.6 Å². The number of hydrogen-bond donors (Lipinski definition) is 1. The molecule has 0 saturated carbocycles. The van der Waals surface area contributed by atoms with Gasteiger partial charge in [-0.05, 0) is 41.1 Å². The number of carbonyl (C=O) groups excluding carboxylic acids is 1. The third kappa shape index (κ3) is 4.55. The van der Waals surface area contributed by atoms with Crippen LogP contribution in [0.3, 0.4) is 0 Å². The molecule has 0 radical (unpaired) electrons. The van der Waals surface area contributed by atoms with E-state index >= 15 is 0 Å². The van der Waals surface area contributed by atoms with E-state index < -0.39 is 10.0 Å². The van der Waals surface area contributed by atoms with Gasteiger partial charge in [0, 0.05) is 24.7 Å². The quantitative estimate of drug-likeness (QED) is 0.768. The molecule has 0 aromatic heterocycles. The molecule has 1 amide bonds. The first-order chi connectivity index (χ1) is 9.27. The first kappa shape index (κ1) is 17.1. The van der Waals surface area contributed by atoms with Crippen LogP contribution in [0, 0.1) is 0 Å². The number of primary sulfonamides is 1. The van der Waals surface area contributed by atoms with Gasteiger partial charge in [-0.15, -0.1) is 0 Å². The van der Waals surface area contributed by atoms with E-state index in [1.807, 2.05) is 6.92 Å². The Balaban J connectivity index is 2.97. The predicted molar refractivity (Wildman–Crippen MR) is 79.0 cm³/mol. The molecule has 1 aromatic rings. The van der Waals surface area contributed by atoms with Gasteiger partial charge in [0.2, 0.25) is 10.0 Å². The lowest BCUT2D eigenvalue weighted by molar-refractivity contribution is 0.0709. The average molecular weight is 365 g/mol. The molecule has 0 aliphatic carbocycles. The van der Waals surface area contributed by atoms with Crippen molar-refractivity contribution in [2.45, 2.75) is 11.8 Å². The Hall–Kier alpha value is -0.960. The molecule has 20 heavy (non-hydrogen) atoms. The maximum Gasteiger partial charge on any atom is 0.254 e. The Bertz CT molecular complexity index is 589. The van der Waals surface area contributed by atoms with Crippen molar-refractivity contribution in [3.8, 4) is 0 Å². The number of carbonyl (C=O) groups is 1. The molecular weight excluding hydrogens is 348 g/mol. The first-order valence-electron chi connectivity index (χ1n) is 5.93. The highest BCUT2D eigenvalue weighted by molar-refractivity contribution is 9.10. The van der Waals surface area contributed by atoms with E-state index in [0.717, 1.165) is 0 Å². The molecule has 1 aromatic carbocycles. The molecule has 0 heterocycles. The summed E-state index contributed by atoms with van der Waals surface area (Å²) in [6, 6.07) is 4.10. The molecule has 0 saturated heterocycles. The third-order valence-electron chi connectivity index (χ3n) is 2.62. The van der Waals surface area contributed by atoms with Crippen LogP contribution in [-0.4, -0.2) is 46.0 Å². The molecule has 0 bridgehead atoms. The van der Waals surface area contributed by atoms with E-state index in [4.69, 9.17) is 9.88 Å². The monoisotopic (exact) mass is 364 g/mol. The minimum Gasteiger partial charge on any atom is -0.380 e.